The van der Waals surface area contributed by atoms with E-state index in [0.29, 0.717) is 26.2 Å². The summed E-state index contributed by atoms with van der Waals surface area (Å²) in [6, 6.07) is 0. The number of rotatable bonds is 5. The van der Waals surface area contributed by atoms with Crippen LogP contribution in [0.25, 0.3) is 0 Å². The predicted molar refractivity (Wildman–Crippen MR) is 58.1 cm³/mol. The largest absolute Gasteiger partial charge is 1.00 e. The van der Waals surface area contributed by atoms with Crippen molar-refractivity contribution >= 4 is 8.25 Å². The van der Waals surface area contributed by atoms with Gasteiger partial charge < -0.3 is 42.6 Å². The second kappa shape index (κ2) is 36.1. The fraction of sp³-hybridized carbons (Fsp3) is 1.00. The van der Waals surface area contributed by atoms with Crippen LogP contribution in [0.3, 0.4) is 0 Å². The third-order valence-corrected chi connectivity index (χ3v) is 0.809. The summed E-state index contributed by atoms with van der Waals surface area (Å²) in [6.07, 6.45) is 0. The van der Waals surface area contributed by atoms with Crippen LogP contribution in [0.15, 0.2) is 0 Å². The van der Waals surface area contributed by atoms with Crippen LogP contribution in [0.5, 0.6) is 0 Å². The van der Waals surface area contributed by atoms with Crippen LogP contribution in [0.1, 0.15) is 0 Å². The molecule has 0 atom stereocenters. The molecule has 96 valence electrons. The second-order valence-corrected chi connectivity index (χ2v) is 2.65. The summed E-state index contributed by atoms with van der Waals surface area (Å²) < 4.78 is 8.52. The zero-order valence-corrected chi connectivity index (χ0v) is 15.8. The first-order chi connectivity index (χ1) is 7.06. The summed E-state index contributed by atoms with van der Waals surface area (Å²) in [5.41, 5.74) is 20.1. The molecule has 0 spiro atoms. The second-order valence-electron chi connectivity index (χ2n) is 2.15. The first-order valence-corrected chi connectivity index (χ1v) is 5.68. The van der Waals surface area contributed by atoms with E-state index in [4.69, 9.17) is 37.3 Å². The van der Waals surface area contributed by atoms with E-state index >= 15 is 0 Å². The topological polar surface area (TPSA) is 179 Å². The maximum atomic E-state index is 8.52. The Morgan fingerprint density at radius 1 is 0.824 bits per heavy atom. The number of hydrogen-bond donors (Lipinski definition) is 5. The van der Waals surface area contributed by atoms with E-state index < -0.39 is 8.25 Å². The molecule has 0 amide bonds. The van der Waals surface area contributed by atoms with Gasteiger partial charge >= 0.3 is 59.1 Å². The van der Waals surface area contributed by atoms with Gasteiger partial charge in [-0.3, -0.25) is 0 Å². The molecule has 0 aliphatic carbocycles. The van der Waals surface area contributed by atoms with Gasteiger partial charge in [0.1, 0.15) is 0 Å². The van der Waals surface area contributed by atoms with Gasteiger partial charge in [0.05, 0.1) is 0 Å². The molecular weight excluding hydrogens is 267 g/mol. The van der Waals surface area contributed by atoms with Crippen molar-refractivity contribution < 1.29 is 73.5 Å². The Labute approximate surface area is 148 Å². The maximum absolute atomic E-state index is 8.52. The van der Waals surface area contributed by atoms with Crippen molar-refractivity contribution in [2.45, 2.75) is 0 Å². The van der Waals surface area contributed by atoms with Crippen molar-refractivity contribution in [2.24, 2.45) is 22.9 Å². The molecule has 0 saturated heterocycles. The van der Waals surface area contributed by atoms with Gasteiger partial charge in [0, 0.05) is 39.3 Å². The summed E-state index contributed by atoms with van der Waals surface area (Å²) in [5, 5.41) is 3.03. The molecule has 0 aromatic rings. The molecule has 0 unspecified atom stereocenters. The van der Waals surface area contributed by atoms with E-state index in [9.17, 15) is 0 Å². The Hall–Kier alpha value is 1.95. The third-order valence-electron chi connectivity index (χ3n) is 0.809. The summed E-state index contributed by atoms with van der Waals surface area (Å²) in [5.74, 6) is 0. The normalized spacial score (nSPS) is 7.71. The van der Waals surface area contributed by atoms with Crippen LogP contribution in [0.2, 0.25) is 0 Å². The molecule has 0 aliphatic heterocycles. The average Bonchev–Trinajstić information content (AvgIpc) is 2.18. The Morgan fingerprint density at radius 2 is 1.06 bits per heavy atom. The van der Waals surface area contributed by atoms with E-state index in [1.807, 2.05) is 0 Å². The average molecular weight is 289 g/mol. The molecule has 0 aromatic carbocycles. The number of nitrogens with one attached hydrogen (secondary N) is 1. The molecular formula is C6H22N5Na2O3P. The first kappa shape index (κ1) is 31.4. The maximum Gasteiger partial charge on any atom is 1.00 e. The van der Waals surface area contributed by atoms with Crippen molar-refractivity contribution in [3.63, 3.8) is 0 Å². The molecule has 9 N–H and O–H groups in total. The summed E-state index contributed by atoms with van der Waals surface area (Å²) >= 11 is 0. The quantitative estimate of drug-likeness (QED) is 0.188. The number of nitrogens with two attached hydrogens (primary N) is 4. The van der Waals surface area contributed by atoms with Crippen LogP contribution in [0.4, 0.5) is 0 Å². The zero-order chi connectivity index (χ0) is 12.5. The van der Waals surface area contributed by atoms with Gasteiger partial charge in [-0.1, -0.05) is 8.25 Å². The molecule has 17 heavy (non-hydrogen) atoms. The standard InChI is InChI=1S/C4H13N3.C2H8N2.2Na.H3O3P/c5-1-3-7-4-2-6;3-1-2-4;;;1-4(2)3/h7H,1-6H2;1-4H2;;;4H,(H2,1,2,3)/q;;2*+1;/p-2. The van der Waals surface area contributed by atoms with Gasteiger partial charge in [-0.15, -0.1) is 0 Å². The van der Waals surface area contributed by atoms with Crippen molar-refractivity contribution in [3.05, 3.63) is 0 Å². The van der Waals surface area contributed by atoms with Gasteiger partial charge in [0.25, 0.3) is 0 Å². The summed E-state index contributed by atoms with van der Waals surface area (Å²) in [4.78, 5) is 17.0. The van der Waals surface area contributed by atoms with E-state index in [1.54, 1.807) is 0 Å². The van der Waals surface area contributed by atoms with Gasteiger partial charge in [-0.25, -0.2) is 0 Å². The predicted octanol–water partition coefficient (Wildman–Crippen LogP) is -10.5. The van der Waals surface area contributed by atoms with Crippen LogP contribution < -0.4 is 97.2 Å². The molecule has 0 aromatic heterocycles. The van der Waals surface area contributed by atoms with Crippen LogP contribution >= 0.6 is 8.25 Å². The molecule has 8 nitrogen and oxygen atoms in total. The number of hydrogen-bond acceptors (Lipinski definition) is 8. The molecule has 0 rings (SSSR count). The molecule has 11 heteroatoms. The minimum absolute atomic E-state index is 0. The van der Waals surface area contributed by atoms with Crippen LogP contribution in [-0.2, 0) is 4.57 Å². The third kappa shape index (κ3) is 94.5. The van der Waals surface area contributed by atoms with E-state index in [0.717, 1.165) is 13.1 Å². The monoisotopic (exact) mass is 289 g/mol. The molecule has 0 heterocycles. The minimum atomic E-state index is -3.63. The van der Waals surface area contributed by atoms with Crippen molar-refractivity contribution in [3.8, 4) is 0 Å². The van der Waals surface area contributed by atoms with Crippen molar-refractivity contribution in [2.75, 3.05) is 39.3 Å². The molecule has 0 aliphatic rings. The fourth-order valence-electron chi connectivity index (χ4n) is 0.329. The SMILES string of the molecule is NCCN.NCCNCCN.O=[PH]([O-])[O-].[Na+].[Na+]. The molecule has 0 fully saturated rings. The smallest absolute Gasteiger partial charge is 0.813 e. The molecule has 0 saturated carbocycles. The zero-order valence-electron chi connectivity index (χ0n) is 10.8. The Morgan fingerprint density at radius 3 is 1.18 bits per heavy atom. The first-order valence-electron chi connectivity index (χ1n) is 4.45. The van der Waals surface area contributed by atoms with Gasteiger partial charge in [-0.05, 0) is 0 Å². The Balaban J connectivity index is -0.0000000425. The van der Waals surface area contributed by atoms with E-state index in [2.05, 4.69) is 5.32 Å². The Bertz CT molecular complexity index is 118. The molecule has 0 bridgehead atoms. The van der Waals surface area contributed by atoms with Crippen LogP contribution in [-0.4, -0.2) is 39.3 Å². The Kier molecular flexibility index (Phi) is 66.7. The minimum Gasteiger partial charge on any atom is -0.813 e. The molecule has 0 radical (unpaired) electrons. The van der Waals surface area contributed by atoms with Crippen LogP contribution in [0, 0.1) is 0 Å². The summed E-state index contributed by atoms with van der Waals surface area (Å²) in [7, 11) is -3.63. The van der Waals surface area contributed by atoms with E-state index in [-0.39, 0.29) is 59.1 Å². The van der Waals surface area contributed by atoms with Crippen molar-refractivity contribution in [1.29, 1.82) is 0 Å². The fourth-order valence-corrected chi connectivity index (χ4v) is 0.329. The van der Waals surface area contributed by atoms with Gasteiger partial charge in [0.15, 0.2) is 0 Å². The van der Waals surface area contributed by atoms with Gasteiger partial charge in [0.2, 0.25) is 0 Å². The van der Waals surface area contributed by atoms with E-state index in [1.165, 1.54) is 0 Å². The summed E-state index contributed by atoms with van der Waals surface area (Å²) in [6.45, 7) is 4.33. The van der Waals surface area contributed by atoms with Gasteiger partial charge in [-0.2, -0.15) is 0 Å². The van der Waals surface area contributed by atoms with Crippen molar-refractivity contribution in [1.82, 2.24) is 5.32 Å².